The first kappa shape index (κ1) is 16.0. The Balaban J connectivity index is 2.14. The highest BCUT2D eigenvalue weighted by molar-refractivity contribution is 6.30. The Morgan fingerprint density at radius 2 is 1.81 bits per heavy atom. The van der Waals surface area contributed by atoms with Crippen molar-refractivity contribution in [2.45, 2.75) is 19.8 Å². The topological polar surface area (TPSA) is 12.0 Å². The number of hydrogen-bond donors (Lipinski definition) is 1. The number of hydrogen-bond acceptors (Lipinski definition) is 1. The van der Waals surface area contributed by atoms with Crippen LogP contribution in [0.2, 0.25) is 5.02 Å². The average Bonchev–Trinajstić information content (AvgIpc) is 2.44. The molecule has 21 heavy (non-hydrogen) atoms. The summed E-state index contributed by atoms with van der Waals surface area (Å²) < 4.78 is 14.0. The third-order valence-corrected chi connectivity index (χ3v) is 4.02. The van der Waals surface area contributed by atoms with Crippen molar-refractivity contribution in [3.8, 4) is 0 Å². The second-order valence-corrected chi connectivity index (χ2v) is 5.93. The van der Waals surface area contributed by atoms with Crippen LogP contribution in [0.4, 0.5) is 4.39 Å². The minimum absolute atomic E-state index is 0.214. The molecule has 0 amide bonds. The van der Waals surface area contributed by atoms with E-state index in [0.717, 1.165) is 18.5 Å². The number of nitrogens with one attached hydrogen (secondary N) is 1. The lowest BCUT2D eigenvalue weighted by atomic mass is 9.90. The van der Waals surface area contributed by atoms with Gasteiger partial charge in [-0.3, -0.25) is 0 Å². The smallest absolute Gasteiger partial charge is 0.127 e. The molecule has 3 heteroatoms. The summed E-state index contributed by atoms with van der Waals surface area (Å²) >= 11 is 5.81. The molecule has 0 aliphatic rings. The van der Waals surface area contributed by atoms with E-state index in [2.05, 4.69) is 30.4 Å². The Labute approximate surface area is 131 Å². The Bertz CT molecular complexity index is 598. The first-order valence-corrected chi connectivity index (χ1v) is 7.61. The quantitative estimate of drug-likeness (QED) is 0.833. The van der Waals surface area contributed by atoms with Crippen molar-refractivity contribution < 1.29 is 4.39 Å². The van der Waals surface area contributed by atoms with E-state index in [0.29, 0.717) is 17.4 Å². The van der Waals surface area contributed by atoms with Crippen molar-refractivity contribution in [2.75, 3.05) is 13.6 Å². The Kier molecular flexibility index (Phi) is 5.77. The van der Waals surface area contributed by atoms with Gasteiger partial charge in [0, 0.05) is 5.02 Å². The SMILES string of the molecule is CNCC(Cc1ccccc1C)Cc1ccc(Cl)cc1F. The van der Waals surface area contributed by atoms with Crippen LogP contribution < -0.4 is 5.32 Å². The first-order valence-electron chi connectivity index (χ1n) is 7.23. The lowest BCUT2D eigenvalue weighted by molar-refractivity contribution is 0.479. The molecule has 2 aromatic rings. The molecule has 2 aromatic carbocycles. The molecule has 0 aliphatic heterocycles. The summed E-state index contributed by atoms with van der Waals surface area (Å²) in [6, 6.07) is 13.3. The van der Waals surface area contributed by atoms with Gasteiger partial charge < -0.3 is 5.32 Å². The highest BCUT2D eigenvalue weighted by Crippen LogP contribution is 2.21. The summed E-state index contributed by atoms with van der Waals surface area (Å²) in [6.45, 7) is 2.98. The van der Waals surface area contributed by atoms with Crippen molar-refractivity contribution in [3.63, 3.8) is 0 Å². The Morgan fingerprint density at radius 1 is 1.10 bits per heavy atom. The van der Waals surface area contributed by atoms with E-state index in [1.54, 1.807) is 12.1 Å². The fourth-order valence-corrected chi connectivity index (χ4v) is 2.81. The van der Waals surface area contributed by atoms with Crippen molar-refractivity contribution >= 4 is 11.6 Å². The maximum absolute atomic E-state index is 14.0. The normalized spacial score (nSPS) is 12.4. The van der Waals surface area contributed by atoms with Crippen LogP contribution in [-0.4, -0.2) is 13.6 Å². The van der Waals surface area contributed by atoms with Crippen molar-refractivity contribution in [2.24, 2.45) is 5.92 Å². The predicted octanol–water partition coefficient (Wildman–Crippen LogP) is 4.41. The van der Waals surface area contributed by atoms with Gasteiger partial charge in [-0.1, -0.05) is 41.9 Å². The molecule has 1 atom stereocenters. The van der Waals surface area contributed by atoms with E-state index in [1.165, 1.54) is 17.2 Å². The van der Waals surface area contributed by atoms with Gasteiger partial charge in [0.05, 0.1) is 0 Å². The molecule has 0 aromatic heterocycles. The maximum atomic E-state index is 14.0. The zero-order valence-corrected chi connectivity index (χ0v) is 13.3. The largest absolute Gasteiger partial charge is 0.319 e. The molecule has 0 radical (unpaired) electrons. The lowest BCUT2D eigenvalue weighted by Gasteiger charge is -2.18. The summed E-state index contributed by atoms with van der Waals surface area (Å²) in [5, 5.41) is 3.65. The summed E-state index contributed by atoms with van der Waals surface area (Å²) in [5.74, 6) is 0.139. The highest BCUT2D eigenvalue weighted by atomic mass is 35.5. The molecule has 0 spiro atoms. The number of benzene rings is 2. The summed E-state index contributed by atoms with van der Waals surface area (Å²) in [6.07, 6.45) is 1.65. The van der Waals surface area contributed by atoms with Gasteiger partial charge in [0.15, 0.2) is 0 Å². The fraction of sp³-hybridized carbons (Fsp3) is 0.333. The molecule has 0 saturated heterocycles. The van der Waals surface area contributed by atoms with E-state index in [1.807, 2.05) is 13.1 Å². The van der Waals surface area contributed by atoms with Gasteiger partial charge in [0.2, 0.25) is 0 Å². The van der Waals surface area contributed by atoms with Crippen LogP contribution in [0.3, 0.4) is 0 Å². The standard InChI is InChI=1S/C18H21ClFN/c1-13-5-3-4-6-15(13)9-14(12-21-2)10-16-7-8-17(19)11-18(16)20/h3-8,11,14,21H,9-10,12H2,1-2H3. The van der Waals surface area contributed by atoms with Gasteiger partial charge >= 0.3 is 0 Å². The Hall–Kier alpha value is -1.38. The summed E-state index contributed by atoms with van der Waals surface area (Å²) in [5.41, 5.74) is 3.34. The second-order valence-electron chi connectivity index (χ2n) is 5.49. The van der Waals surface area contributed by atoms with E-state index in [9.17, 15) is 4.39 Å². The third-order valence-electron chi connectivity index (χ3n) is 3.79. The fourth-order valence-electron chi connectivity index (χ4n) is 2.65. The van der Waals surface area contributed by atoms with Gasteiger partial charge in [-0.15, -0.1) is 0 Å². The predicted molar refractivity (Wildman–Crippen MR) is 87.4 cm³/mol. The van der Waals surface area contributed by atoms with Crippen LogP contribution in [0.5, 0.6) is 0 Å². The van der Waals surface area contributed by atoms with Crippen molar-refractivity contribution in [3.05, 3.63) is 70.0 Å². The molecule has 0 aliphatic carbocycles. The number of aryl methyl sites for hydroxylation is 1. The van der Waals surface area contributed by atoms with E-state index < -0.39 is 0 Å². The number of halogens is 2. The number of rotatable bonds is 6. The second kappa shape index (κ2) is 7.58. The first-order chi connectivity index (χ1) is 10.1. The van der Waals surface area contributed by atoms with Gasteiger partial charge in [0.1, 0.15) is 5.82 Å². The molecule has 112 valence electrons. The lowest BCUT2D eigenvalue weighted by Crippen LogP contribution is -2.23. The minimum Gasteiger partial charge on any atom is -0.319 e. The molecular formula is C18H21ClFN. The van der Waals surface area contributed by atoms with Crippen molar-refractivity contribution in [1.29, 1.82) is 0 Å². The van der Waals surface area contributed by atoms with E-state index in [4.69, 9.17) is 11.6 Å². The monoisotopic (exact) mass is 305 g/mol. The van der Waals surface area contributed by atoms with Gasteiger partial charge in [-0.05, 0) is 68.1 Å². The van der Waals surface area contributed by atoms with Gasteiger partial charge in [0.25, 0.3) is 0 Å². The zero-order valence-electron chi connectivity index (χ0n) is 12.5. The highest BCUT2D eigenvalue weighted by Gasteiger charge is 2.14. The molecule has 0 bridgehead atoms. The molecule has 0 fully saturated rings. The molecule has 0 saturated carbocycles. The molecule has 0 heterocycles. The van der Waals surface area contributed by atoms with Crippen LogP contribution in [0.15, 0.2) is 42.5 Å². The maximum Gasteiger partial charge on any atom is 0.127 e. The summed E-state index contributed by atoms with van der Waals surface area (Å²) in [7, 11) is 1.93. The molecule has 1 nitrogen and oxygen atoms in total. The molecule has 1 N–H and O–H groups in total. The summed E-state index contributed by atoms with van der Waals surface area (Å²) in [4.78, 5) is 0. The third kappa shape index (κ3) is 4.55. The van der Waals surface area contributed by atoms with Crippen LogP contribution >= 0.6 is 11.6 Å². The van der Waals surface area contributed by atoms with E-state index in [-0.39, 0.29) is 5.82 Å². The average molecular weight is 306 g/mol. The van der Waals surface area contributed by atoms with Crippen LogP contribution in [0.1, 0.15) is 16.7 Å². The zero-order chi connectivity index (χ0) is 15.2. The molecular weight excluding hydrogens is 285 g/mol. The van der Waals surface area contributed by atoms with Crippen LogP contribution in [0.25, 0.3) is 0 Å². The van der Waals surface area contributed by atoms with Gasteiger partial charge in [-0.25, -0.2) is 4.39 Å². The van der Waals surface area contributed by atoms with Crippen molar-refractivity contribution in [1.82, 2.24) is 5.32 Å². The molecule has 2 rings (SSSR count). The van der Waals surface area contributed by atoms with Crippen LogP contribution in [-0.2, 0) is 12.8 Å². The van der Waals surface area contributed by atoms with E-state index >= 15 is 0 Å². The molecule has 1 unspecified atom stereocenters. The van der Waals surface area contributed by atoms with Crippen LogP contribution in [0, 0.1) is 18.7 Å². The Morgan fingerprint density at radius 3 is 2.48 bits per heavy atom. The minimum atomic E-state index is -0.214. The van der Waals surface area contributed by atoms with Gasteiger partial charge in [-0.2, -0.15) is 0 Å².